The van der Waals surface area contributed by atoms with Gasteiger partial charge < -0.3 is 5.73 Å². The van der Waals surface area contributed by atoms with Gasteiger partial charge in [0.05, 0.1) is 4.75 Å². The summed E-state index contributed by atoms with van der Waals surface area (Å²) in [5.74, 6) is 0.897. The van der Waals surface area contributed by atoms with Gasteiger partial charge in [0, 0.05) is 34.1 Å². The minimum atomic E-state index is -0.208. The third-order valence-corrected chi connectivity index (χ3v) is 6.90. The molecule has 1 atom stereocenters. The topological polar surface area (TPSA) is 56.0 Å². The molecule has 1 aliphatic rings. The Labute approximate surface area is 133 Å². The highest BCUT2D eigenvalue weighted by molar-refractivity contribution is 8.00. The molecule has 5 heteroatoms. The zero-order valence-corrected chi connectivity index (χ0v) is 13.4. The van der Waals surface area contributed by atoms with Crippen LogP contribution >= 0.6 is 23.1 Å². The van der Waals surface area contributed by atoms with Gasteiger partial charge in [0.15, 0.2) is 0 Å². The van der Waals surface area contributed by atoms with Crippen molar-refractivity contribution in [3.63, 3.8) is 0 Å². The Kier molecular flexibility index (Phi) is 4.31. The number of carbonyl (C=O) groups excluding carboxylic acids is 1. The Balaban J connectivity index is 1.93. The van der Waals surface area contributed by atoms with E-state index in [1.54, 1.807) is 17.5 Å². The van der Waals surface area contributed by atoms with Gasteiger partial charge in [-0.25, -0.2) is 0 Å². The van der Waals surface area contributed by atoms with E-state index in [1.807, 2.05) is 24.0 Å². The molecule has 1 unspecified atom stereocenters. The van der Waals surface area contributed by atoms with Crippen LogP contribution in [0.25, 0.3) is 10.4 Å². The van der Waals surface area contributed by atoms with E-state index in [1.165, 1.54) is 22.6 Å². The molecule has 2 N–H and O–H groups in total. The van der Waals surface area contributed by atoms with Crippen LogP contribution in [0.5, 0.6) is 0 Å². The molecule has 1 fully saturated rings. The molecule has 0 aliphatic carbocycles. The van der Waals surface area contributed by atoms with Gasteiger partial charge in [-0.3, -0.25) is 9.78 Å². The summed E-state index contributed by atoms with van der Waals surface area (Å²) in [4.78, 5) is 18.2. The van der Waals surface area contributed by atoms with Crippen molar-refractivity contribution in [3.05, 3.63) is 41.5 Å². The van der Waals surface area contributed by atoms with Crippen molar-refractivity contribution in [2.75, 3.05) is 5.75 Å². The highest BCUT2D eigenvalue weighted by atomic mass is 32.2. The first-order valence-corrected chi connectivity index (χ1v) is 8.93. The lowest BCUT2D eigenvalue weighted by Gasteiger charge is -2.35. The number of hydrogen-bond acceptors (Lipinski definition) is 4. The summed E-state index contributed by atoms with van der Waals surface area (Å²) < 4.78 is -0.116. The van der Waals surface area contributed by atoms with E-state index < -0.39 is 0 Å². The number of carbonyl (C=O) groups is 1. The van der Waals surface area contributed by atoms with E-state index in [0.29, 0.717) is 6.42 Å². The highest BCUT2D eigenvalue weighted by Gasteiger charge is 2.37. The van der Waals surface area contributed by atoms with Crippen molar-refractivity contribution in [3.8, 4) is 10.4 Å². The second-order valence-corrected chi connectivity index (χ2v) is 7.91. The number of hydrogen-bond donors (Lipinski definition) is 1. The maximum Gasteiger partial charge on any atom is 0.219 e. The van der Waals surface area contributed by atoms with Crippen LogP contribution in [0.3, 0.4) is 0 Å². The van der Waals surface area contributed by atoms with Crippen molar-refractivity contribution in [1.82, 2.24) is 4.98 Å². The summed E-state index contributed by atoms with van der Waals surface area (Å²) in [5, 5.41) is 0. The molecule has 110 valence electrons. The Morgan fingerprint density at radius 2 is 2.24 bits per heavy atom. The molecule has 0 aromatic carbocycles. The van der Waals surface area contributed by atoms with E-state index >= 15 is 0 Å². The first-order chi connectivity index (χ1) is 10.2. The number of nitrogens with two attached hydrogens (primary N) is 1. The predicted octanol–water partition coefficient (Wildman–Crippen LogP) is 3.80. The fourth-order valence-electron chi connectivity index (χ4n) is 2.80. The number of thioether (sulfide) groups is 1. The van der Waals surface area contributed by atoms with Crippen LogP contribution in [-0.4, -0.2) is 16.6 Å². The van der Waals surface area contributed by atoms with Gasteiger partial charge in [0.2, 0.25) is 5.91 Å². The highest BCUT2D eigenvalue weighted by Crippen LogP contribution is 2.50. The maximum atomic E-state index is 11.5. The van der Waals surface area contributed by atoms with Gasteiger partial charge in [-0.1, -0.05) is 12.5 Å². The predicted molar refractivity (Wildman–Crippen MR) is 89.3 cm³/mol. The number of pyridine rings is 1. The van der Waals surface area contributed by atoms with Gasteiger partial charge in [0.25, 0.3) is 0 Å². The van der Waals surface area contributed by atoms with Crippen molar-refractivity contribution in [2.24, 2.45) is 5.73 Å². The van der Waals surface area contributed by atoms with Crippen molar-refractivity contribution >= 4 is 29.0 Å². The quantitative estimate of drug-likeness (QED) is 0.933. The first kappa shape index (κ1) is 14.6. The Morgan fingerprint density at radius 3 is 2.90 bits per heavy atom. The molecular formula is C16H18N2OS2. The van der Waals surface area contributed by atoms with Crippen LogP contribution in [0.4, 0.5) is 0 Å². The summed E-state index contributed by atoms with van der Waals surface area (Å²) in [6.07, 6.45) is 7.53. The molecule has 0 bridgehead atoms. The fraction of sp³-hybridized carbons (Fsp3) is 0.375. The average Bonchev–Trinajstić information content (AvgIpc) is 2.99. The Morgan fingerprint density at radius 1 is 1.33 bits per heavy atom. The Bertz CT molecular complexity index is 618. The largest absolute Gasteiger partial charge is 0.370 e. The number of rotatable bonds is 4. The maximum absolute atomic E-state index is 11.5. The van der Waals surface area contributed by atoms with Crippen LogP contribution in [-0.2, 0) is 9.54 Å². The monoisotopic (exact) mass is 318 g/mol. The number of nitrogens with zero attached hydrogens (tertiary/aromatic N) is 1. The normalized spacial score (nSPS) is 22.1. The summed E-state index contributed by atoms with van der Waals surface area (Å²) in [5.41, 5.74) is 6.63. The number of primary amides is 1. The van der Waals surface area contributed by atoms with Crippen molar-refractivity contribution in [2.45, 2.75) is 30.4 Å². The van der Waals surface area contributed by atoms with Gasteiger partial charge in [-0.15, -0.1) is 23.1 Å². The third kappa shape index (κ3) is 3.14. The third-order valence-electron chi connectivity index (χ3n) is 3.81. The van der Waals surface area contributed by atoms with Crippen LogP contribution < -0.4 is 5.73 Å². The van der Waals surface area contributed by atoms with Crippen LogP contribution in [0, 0.1) is 0 Å². The molecule has 3 rings (SSSR count). The molecule has 1 aliphatic heterocycles. The lowest BCUT2D eigenvalue weighted by Crippen LogP contribution is -2.31. The molecule has 3 heterocycles. The van der Waals surface area contributed by atoms with E-state index in [4.69, 9.17) is 5.73 Å². The van der Waals surface area contributed by atoms with Crippen LogP contribution in [0.1, 0.15) is 30.6 Å². The molecular weight excluding hydrogens is 300 g/mol. The van der Waals surface area contributed by atoms with Crippen LogP contribution in [0.15, 0.2) is 36.7 Å². The lowest BCUT2D eigenvalue weighted by atomic mass is 9.94. The molecule has 0 radical (unpaired) electrons. The molecule has 0 spiro atoms. The molecule has 1 amide bonds. The zero-order valence-electron chi connectivity index (χ0n) is 11.7. The number of amides is 1. The van der Waals surface area contributed by atoms with E-state index in [9.17, 15) is 4.79 Å². The summed E-state index contributed by atoms with van der Waals surface area (Å²) in [6, 6.07) is 8.31. The second-order valence-electron chi connectivity index (χ2n) is 5.35. The molecule has 2 aromatic rings. The SMILES string of the molecule is NC(=O)CC1(c2ccc(-c3cccnc3)s2)CCCCS1. The summed E-state index contributed by atoms with van der Waals surface area (Å²) in [6.45, 7) is 0. The standard InChI is InChI=1S/C16H18N2OS2/c17-15(19)10-16(7-1-2-9-20-16)14-6-5-13(21-14)12-4-3-8-18-11-12/h3-6,8,11H,1-2,7,9-10H2,(H2,17,19). The number of thiophene rings is 1. The number of aromatic nitrogens is 1. The molecule has 2 aromatic heterocycles. The van der Waals surface area contributed by atoms with Crippen molar-refractivity contribution in [1.29, 1.82) is 0 Å². The summed E-state index contributed by atoms with van der Waals surface area (Å²) in [7, 11) is 0. The minimum absolute atomic E-state index is 0.116. The van der Waals surface area contributed by atoms with Crippen molar-refractivity contribution < 1.29 is 4.79 Å². The van der Waals surface area contributed by atoms with Gasteiger partial charge in [0.1, 0.15) is 0 Å². The summed E-state index contributed by atoms with van der Waals surface area (Å²) >= 11 is 3.66. The Hall–Kier alpha value is -1.33. The van der Waals surface area contributed by atoms with Gasteiger partial charge >= 0.3 is 0 Å². The minimum Gasteiger partial charge on any atom is -0.370 e. The van der Waals surface area contributed by atoms with E-state index in [0.717, 1.165) is 17.7 Å². The first-order valence-electron chi connectivity index (χ1n) is 7.13. The lowest BCUT2D eigenvalue weighted by molar-refractivity contribution is -0.118. The van der Waals surface area contributed by atoms with Crippen LogP contribution in [0.2, 0.25) is 0 Å². The molecule has 0 saturated carbocycles. The van der Waals surface area contributed by atoms with E-state index in [2.05, 4.69) is 23.2 Å². The fourth-order valence-corrected chi connectivity index (χ4v) is 5.69. The molecule has 3 nitrogen and oxygen atoms in total. The van der Waals surface area contributed by atoms with E-state index in [-0.39, 0.29) is 10.7 Å². The molecule has 21 heavy (non-hydrogen) atoms. The van der Waals surface area contributed by atoms with Gasteiger partial charge in [-0.05, 0) is 36.8 Å². The zero-order chi connectivity index (χ0) is 14.7. The molecule has 1 saturated heterocycles. The average molecular weight is 318 g/mol. The smallest absolute Gasteiger partial charge is 0.219 e. The van der Waals surface area contributed by atoms with Gasteiger partial charge in [-0.2, -0.15) is 0 Å². The second kappa shape index (κ2) is 6.20.